The van der Waals surface area contributed by atoms with Gasteiger partial charge in [-0.2, -0.15) is 0 Å². The van der Waals surface area contributed by atoms with Crippen molar-refractivity contribution in [2.45, 2.75) is 17.9 Å². The van der Waals surface area contributed by atoms with Crippen LogP contribution in [0.2, 0.25) is 0 Å². The summed E-state index contributed by atoms with van der Waals surface area (Å²) >= 11 is 0. The summed E-state index contributed by atoms with van der Waals surface area (Å²) in [5.74, 6) is 0.529. The third-order valence-corrected chi connectivity index (χ3v) is 3.42. The number of nitrogens with one attached hydrogen (secondary N) is 2. The second kappa shape index (κ2) is 3.07. The molecule has 1 amide bonds. The maximum Gasteiger partial charge on any atom is 0.241 e. The van der Waals surface area contributed by atoms with Gasteiger partial charge in [0, 0.05) is 19.0 Å². The van der Waals surface area contributed by atoms with Gasteiger partial charge in [0.15, 0.2) is 0 Å². The Morgan fingerprint density at radius 1 is 1.20 bits per heavy atom. The van der Waals surface area contributed by atoms with Gasteiger partial charge in [0.05, 0.1) is 0 Å². The molecule has 1 spiro atoms. The molecule has 0 radical (unpaired) electrons. The quantitative estimate of drug-likeness (QED) is 0.701. The molecule has 1 saturated heterocycles. The highest BCUT2D eigenvalue weighted by atomic mass is 16.2. The van der Waals surface area contributed by atoms with E-state index in [0.29, 0.717) is 5.92 Å². The van der Waals surface area contributed by atoms with Crippen LogP contribution in [0.15, 0.2) is 30.3 Å². The van der Waals surface area contributed by atoms with Crippen molar-refractivity contribution in [3.05, 3.63) is 35.9 Å². The van der Waals surface area contributed by atoms with Gasteiger partial charge in [-0.25, -0.2) is 0 Å². The third kappa shape index (κ3) is 1.27. The fraction of sp³-hybridized carbons (Fsp3) is 0.417. The third-order valence-electron chi connectivity index (χ3n) is 3.42. The SMILES string of the molecule is O=C1NCCN[C@]12C[C@@H]2c1ccccc1. The first-order valence-corrected chi connectivity index (χ1v) is 5.41. The van der Waals surface area contributed by atoms with Crippen molar-refractivity contribution in [1.82, 2.24) is 10.6 Å². The molecule has 15 heavy (non-hydrogen) atoms. The average molecular weight is 202 g/mol. The van der Waals surface area contributed by atoms with E-state index < -0.39 is 0 Å². The molecular weight excluding hydrogens is 188 g/mol. The van der Waals surface area contributed by atoms with Gasteiger partial charge in [-0.05, 0) is 12.0 Å². The molecule has 1 saturated carbocycles. The summed E-state index contributed by atoms with van der Waals surface area (Å²) in [6, 6.07) is 10.3. The van der Waals surface area contributed by atoms with Gasteiger partial charge in [0.25, 0.3) is 0 Å². The minimum atomic E-state index is -0.292. The van der Waals surface area contributed by atoms with E-state index in [1.807, 2.05) is 18.2 Å². The Kier molecular flexibility index (Phi) is 1.83. The van der Waals surface area contributed by atoms with E-state index in [2.05, 4.69) is 22.8 Å². The summed E-state index contributed by atoms with van der Waals surface area (Å²) < 4.78 is 0. The van der Waals surface area contributed by atoms with E-state index in [4.69, 9.17) is 0 Å². The van der Waals surface area contributed by atoms with E-state index >= 15 is 0 Å². The first kappa shape index (κ1) is 8.92. The normalized spacial score (nSPS) is 33.9. The molecule has 2 fully saturated rings. The molecule has 0 unspecified atom stereocenters. The number of hydrogen-bond donors (Lipinski definition) is 2. The summed E-state index contributed by atoms with van der Waals surface area (Å²) in [6.45, 7) is 1.64. The lowest BCUT2D eigenvalue weighted by molar-refractivity contribution is -0.125. The lowest BCUT2D eigenvalue weighted by Gasteiger charge is -2.24. The van der Waals surface area contributed by atoms with Crippen LogP contribution in [-0.2, 0) is 4.79 Å². The lowest BCUT2D eigenvalue weighted by Crippen LogP contribution is -2.55. The van der Waals surface area contributed by atoms with Crippen LogP contribution in [0, 0.1) is 0 Å². The number of carbonyl (C=O) groups excluding carboxylic acids is 1. The Balaban J connectivity index is 1.85. The van der Waals surface area contributed by atoms with Crippen molar-refractivity contribution in [2.75, 3.05) is 13.1 Å². The second-order valence-electron chi connectivity index (χ2n) is 4.32. The number of carbonyl (C=O) groups is 1. The summed E-state index contributed by atoms with van der Waals surface area (Å²) in [7, 11) is 0. The molecule has 3 rings (SSSR count). The van der Waals surface area contributed by atoms with Gasteiger partial charge in [-0.1, -0.05) is 30.3 Å². The van der Waals surface area contributed by atoms with Crippen LogP contribution in [0.25, 0.3) is 0 Å². The van der Waals surface area contributed by atoms with Crippen molar-refractivity contribution in [2.24, 2.45) is 0 Å². The lowest BCUT2D eigenvalue weighted by atomic mass is 10.0. The maximum absolute atomic E-state index is 11.8. The topological polar surface area (TPSA) is 41.1 Å². The first-order chi connectivity index (χ1) is 7.33. The molecule has 2 N–H and O–H groups in total. The fourth-order valence-electron chi connectivity index (χ4n) is 2.50. The number of piperazine rings is 1. The van der Waals surface area contributed by atoms with Crippen LogP contribution in [0.3, 0.4) is 0 Å². The Hall–Kier alpha value is -1.35. The molecule has 1 aliphatic heterocycles. The van der Waals surface area contributed by atoms with Gasteiger partial charge in [-0.15, -0.1) is 0 Å². The second-order valence-corrected chi connectivity index (χ2v) is 4.32. The van der Waals surface area contributed by atoms with Crippen LogP contribution < -0.4 is 10.6 Å². The predicted molar refractivity (Wildman–Crippen MR) is 57.5 cm³/mol. The standard InChI is InChI=1S/C12H14N2O/c15-11-12(14-7-6-13-11)8-10(12)9-4-2-1-3-5-9/h1-5,10,14H,6-8H2,(H,13,15)/t10-,12+/m1/s1. The van der Waals surface area contributed by atoms with Crippen LogP contribution >= 0.6 is 0 Å². The predicted octanol–water partition coefficient (Wildman–Crippen LogP) is 0.632. The molecule has 1 aromatic carbocycles. The smallest absolute Gasteiger partial charge is 0.241 e. The molecule has 2 aliphatic rings. The Morgan fingerprint density at radius 2 is 2.00 bits per heavy atom. The monoisotopic (exact) mass is 202 g/mol. The van der Waals surface area contributed by atoms with Crippen molar-refractivity contribution in [3.63, 3.8) is 0 Å². The summed E-state index contributed by atoms with van der Waals surface area (Å²) in [6.07, 6.45) is 0.933. The molecule has 3 heteroatoms. The summed E-state index contributed by atoms with van der Waals surface area (Å²) in [4.78, 5) is 11.8. The van der Waals surface area contributed by atoms with E-state index in [9.17, 15) is 4.79 Å². The van der Waals surface area contributed by atoms with Crippen molar-refractivity contribution in [1.29, 1.82) is 0 Å². The van der Waals surface area contributed by atoms with Crippen LogP contribution in [-0.4, -0.2) is 24.5 Å². The van der Waals surface area contributed by atoms with E-state index in [1.54, 1.807) is 0 Å². The van der Waals surface area contributed by atoms with Gasteiger partial charge >= 0.3 is 0 Å². The summed E-state index contributed by atoms with van der Waals surface area (Å²) in [5, 5.41) is 6.29. The molecular formula is C12H14N2O. The number of benzene rings is 1. The Labute approximate surface area is 88.9 Å². The number of amides is 1. The van der Waals surface area contributed by atoms with Crippen LogP contribution in [0.1, 0.15) is 17.9 Å². The van der Waals surface area contributed by atoms with Gasteiger partial charge in [0.1, 0.15) is 5.54 Å². The highest BCUT2D eigenvalue weighted by molar-refractivity contribution is 5.92. The van der Waals surface area contributed by atoms with Gasteiger partial charge in [0.2, 0.25) is 5.91 Å². The first-order valence-electron chi connectivity index (χ1n) is 5.41. The fourth-order valence-corrected chi connectivity index (χ4v) is 2.50. The largest absolute Gasteiger partial charge is 0.353 e. The highest BCUT2D eigenvalue weighted by Gasteiger charge is 2.61. The minimum Gasteiger partial charge on any atom is -0.353 e. The Morgan fingerprint density at radius 3 is 2.73 bits per heavy atom. The van der Waals surface area contributed by atoms with Crippen LogP contribution in [0.4, 0.5) is 0 Å². The molecule has 0 aromatic heterocycles. The average Bonchev–Trinajstić information content (AvgIpc) is 3.00. The molecule has 3 nitrogen and oxygen atoms in total. The van der Waals surface area contributed by atoms with E-state index in [-0.39, 0.29) is 11.4 Å². The molecule has 2 atom stereocenters. The number of hydrogen-bond acceptors (Lipinski definition) is 2. The Bertz CT molecular complexity index is 390. The summed E-state index contributed by atoms with van der Waals surface area (Å²) in [5.41, 5.74) is 0.974. The van der Waals surface area contributed by atoms with Crippen molar-refractivity contribution >= 4 is 5.91 Å². The zero-order valence-electron chi connectivity index (χ0n) is 8.49. The molecule has 1 aliphatic carbocycles. The van der Waals surface area contributed by atoms with Crippen LogP contribution in [0.5, 0.6) is 0 Å². The zero-order valence-corrected chi connectivity index (χ0v) is 8.49. The zero-order chi connectivity index (χ0) is 10.3. The van der Waals surface area contributed by atoms with Crippen molar-refractivity contribution in [3.8, 4) is 0 Å². The molecule has 1 heterocycles. The highest BCUT2D eigenvalue weighted by Crippen LogP contribution is 2.51. The van der Waals surface area contributed by atoms with E-state index in [0.717, 1.165) is 19.5 Å². The van der Waals surface area contributed by atoms with E-state index in [1.165, 1.54) is 5.56 Å². The maximum atomic E-state index is 11.8. The van der Waals surface area contributed by atoms with Gasteiger partial charge < -0.3 is 10.6 Å². The molecule has 1 aromatic rings. The molecule has 0 bridgehead atoms. The number of rotatable bonds is 1. The molecule has 78 valence electrons. The minimum absolute atomic E-state index is 0.169. The van der Waals surface area contributed by atoms with Gasteiger partial charge in [-0.3, -0.25) is 4.79 Å². The van der Waals surface area contributed by atoms with Crippen molar-refractivity contribution < 1.29 is 4.79 Å².